The van der Waals surface area contributed by atoms with E-state index in [9.17, 15) is 4.39 Å². The average molecular weight is 338 g/mol. The van der Waals surface area contributed by atoms with Crippen molar-refractivity contribution in [3.63, 3.8) is 0 Å². The lowest BCUT2D eigenvalue weighted by molar-refractivity contribution is 0.384. The van der Waals surface area contributed by atoms with Gasteiger partial charge in [0.2, 0.25) is 0 Å². The molecule has 0 aliphatic carbocycles. The topological polar surface area (TPSA) is 35.2 Å². The number of ether oxygens (including phenoxy) is 1. The van der Waals surface area contributed by atoms with Crippen LogP contribution in [0.1, 0.15) is 18.1 Å². The quantitative estimate of drug-likeness (QED) is 0.914. The third-order valence-corrected chi connectivity index (χ3v) is 3.78. The molecule has 0 spiro atoms. The molecule has 0 aromatic heterocycles. The van der Waals surface area contributed by atoms with E-state index in [0.29, 0.717) is 17.7 Å². The number of para-hydroxylation sites is 1. The van der Waals surface area contributed by atoms with Crippen molar-refractivity contribution >= 4 is 15.9 Å². The molecule has 0 bridgehead atoms. The zero-order valence-corrected chi connectivity index (χ0v) is 13.1. The highest BCUT2D eigenvalue weighted by molar-refractivity contribution is 9.10. The summed E-state index contributed by atoms with van der Waals surface area (Å²) in [4.78, 5) is 0. The molecule has 106 valence electrons. The summed E-state index contributed by atoms with van der Waals surface area (Å²) in [6.07, 6.45) is 0.388. The minimum atomic E-state index is -0.714. The summed E-state index contributed by atoms with van der Waals surface area (Å²) < 4.78 is 20.1. The minimum absolute atomic E-state index is 0.250. The molecule has 20 heavy (non-hydrogen) atoms. The maximum atomic E-state index is 13.9. The van der Waals surface area contributed by atoms with Crippen molar-refractivity contribution in [1.82, 2.24) is 0 Å². The molecule has 2 aromatic carbocycles. The summed E-state index contributed by atoms with van der Waals surface area (Å²) in [7, 11) is 1.61. The fourth-order valence-electron chi connectivity index (χ4n) is 2.29. The maximum absolute atomic E-state index is 13.9. The largest absolute Gasteiger partial charge is 0.496 e. The Labute approximate surface area is 126 Å². The molecule has 2 rings (SSSR count). The van der Waals surface area contributed by atoms with Gasteiger partial charge in [-0.15, -0.1) is 0 Å². The lowest BCUT2D eigenvalue weighted by atomic mass is 9.86. The van der Waals surface area contributed by atoms with Crippen LogP contribution in [-0.2, 0) is 12.0 Å². The Hall–Kier alpha value is -1.39. The predicted molar refractivity (Wildman–Crippen MR) is 82.3 cm³/mol. The van der Waals surface area contributed by atoms with Crippen LogP contribution in [0.2, 0.25) is 0 Å². The maximum Gasteiger partial charge on any atom is 0.126 e. The summed E-state index contributed by atoms with van der Waals surface area (Å²) in [5.74, 6) is 0.465. The molecular weight excluding hydrogens is 321 g/mol. The van der Waals surface area contributed by atoms with Crippen molar-refractivity contribution in [2.24, 2.45) is 5.73 Å². The van der Waals surface area contributed by atoms with E-state index in [2.05, 4.69) is 15.9 Å². The predicted octanol–water partition coefficient (Wildman–Crippen LogP) is 4.01. The van der Waals surface area contributed by atoms with E-state index in [1.54, 1.807) is 19.2 Å². The van der Waals surface area contributed by atoms with Crippen molar-refractivity contribution in [2.45, 2.75) is 18.9 Å². The first-order valence-electron chi connectivity index (χ1n) is 6.30. The summed E-state index contributed by atoms with van der Waals surface area (Å²) in [6.45, 7) is 1.88. The lowest BCUT2D eigenvalue weighted by Crippen LogP contribution is -2.36. The van der Waals surface area contributed by atoms with Gasteiger partial charge in [-0.1, -0.05) is 34.1 Å². The van der Waals surface area contributed by atoms with Gasteiger partial charge < -0.3 is 10.5 Å². The van der Waals surface area contributed by atoms with Crippen LogP contribution >= 0.6 is 15.9 Å². The monoisotopic (exact) mass is 337 g/mol. The van der Waals surface area contributed by atoms with Gasteiger partial charge in [-0.2, -0.15) is 0 Å². The first kappa shape index (κ1) is 15.0. The number of nitrogens with two attached hydrogens (primary N) is 1. The fourth-order valence-corrected chi connectivity index (χ4v) is 2.69. The van der Waals surface area contributed by atoms with Gasteiger partial charge in [-0.3, -0.25) is 0 Å². The zero-order chi connectivity index (χ0) is 14.8. The normalized spacial score (nSPS) is 13.8. The number of benzene rings is 2. The first-order chi connectivity index (χ1) is 9.44. The van der Waals surface area contributed by atoms with Gasteiger partial charge >= 0.3 is 0 Å². The number of rotatable bonds is 4. The number of halogens is 2. The van der Waals surface area contributed by atoms with Gasteiger partial charge in [0, 0.05) is 15.6 Å². The molecular formula is C16H17BrFNO. The highest BCUT2D eigenvalue weighted by atomic mass is 79.9. The SMILES string of the molecule is COc1ccccc1C(C)(N)Cc1cc(Br)ccc1F. The van der Waals surface area contributed by atoms with Crippen molar-refractivity contribution < 1.29 is 9.13 Å². The van der Waals surface area contributed by atoms with Crippen LogP contribution < -0.4 is 10.5 Å². The van der Waals surface area contributed by atoms with Crippen molar-refractivity contribution in [3.8, 4) is 5.75 Å². The molecule has 0 saturated heterocycles. The average Bonchev–Trinajstić information content (AvgIpc) is 2.42. The molecule has 1 atom stereocenters. The second-order valence-corrected chi connectivity index (χ2v) is 5.95. The minimum Gasteiger partial charge on any atom is -0.496 e. The van der Waals surface area contributed by atoms with E-state index in [4.69, 9.17) is 10.5 Å². The van der Waals surface area contributed by atoms with Crippen molar-refractivity contribution in [3.05, 3.63) is 63.9 Å². The number of hydrogen-bond donors (Lipinski definition) is 1. The van der Waals surface area contributed by atoms with Crippen LogP contribution in [0.3, 0.4) is 0 Å². The Bertz CT molecular complexity index is 613. The molecule has 1 unspecified atom stereocenters. The highest BCUT2D eigenvalue weighted by Gasteiger charge is 2.26. The van der Waals surface area contributed by atoms with Gasteiger partial charge in [0.15, 0.2) is 0 Å². The molecule has 0 saturated carbocycles. The van der Waals surface area contributed by atoms with E-state index in [1.165, 1.54) is 6.07 Å². The van der Waals surface area contributed by atoms with Gasteiger partial charge in [0.25, 0.3) is 0 Å². The summed E-state index contributed by atoms with van der Waals surface area (Å²) >= 11 is 3.36. The second kappa shape index (κ2) is 5.94. The lowest BCUT2D eigenvalue weighted by Gasteiger charge is -2.27. The van der Waals surface area contributed by atoms with Crippen LogP contribution in [-0.4, -0.2) is 7.11 Å². The van der Waals surface area contributed by atoms with E-state index in [1.807, 2.05) is 31.2 Å². The van der Waals surface area contributed by atoms with Crippen LogP contribution in [0.25, 0.3) is 0 Å². The summed E-state index contributed by atoms with van der Waals surface area (Å²) in [5.41, 5.74) is 7.13. The standard InChI is InChI=1S/C16H17BrFNO/c1-16(19,13-5-3-4-6-15(13)20-2)10-11-9-12(17)7-8-14(11)18/h3-9H,10,19H2,1-2H3. The van der Waals surface area contributed by atoms with Crippen LogP contribution in [0.15, 0.2) is 46.9 Å². The van der Waals surface area contributed by atoms with Gasteiger partial charge in [0.1, 0.15) is 11.6 Å². The van der Waals surface area contributed by atoms with E-state index in [0.717, 1.165) is 10.0 Å². The van der Waals surface area contributed by atoms with Crippen LogP contribution in [0.4, 0.5) is 4.39 Å². The Balaban J connectivity index is 2.37. The van der Waals surface area contributed by atoms with Gasteiger partial charge in [-0.05, 0) is 43.2 Å². The zero-order valence-electron chi connectivity index (χ0n) is 11.5. The molecule has 0 heterocycles. The van der Waals surface area contributed by atoms with Gasteiger partial charge in [0.05, 0.1) is 7.11 Å². The van der Waals surface area contributed by atoms with E-state index < -0.39 is 5.54 Å². The van der Waals surface area contributed by atoms with Crippen LogP contribution in [0.5, 0.6) is 5.75 Å². The molecule has 2 nitrogen and oxygen atoms in total. The third kappa shape index (κ3) is 3.19. The second-order valence-electron chi connectivity index (χ2n) is 5.03. The van der Waals surface area contributed by atoms with Gasteiger partial charge in [-0.25, -0.2) is 4.39 Å². The molecule has 2 aromatic rings. The molecule has 0 aliphatic heterocycles. The molecule has 2 N–H and O–H groups in total. The Morgan fingerprint density at radius 3 is 2.65 bits per heavy atom. The molecule has 0 radical (unpaired) electrons. The summed E-state index contributed by atoms with van der Waals surface area (Å²) in [5, 5.41) is 0. The summed E-state index contributed by atoms with van der Waals surface area (Å²) in [6, 6.07) is 12.4. The highest BCUT2D eigenvalue weighted by Crippen LogP contribution is 2.31. The first-order valence-corrected chi connectivity index (χ1v) is 7.09. The number of methoxy groups -OCH3 is 1. The Morgan fingerprint density at radius 2 is 1.95 bits per heavy atom. The molecule has 4 heteroatoms. The molecule has 0 aliphatic rings. The van der Waals surface area contributed by atoms with E-state index in [-0.39, 0.29) is 5.82 Å². The Morgan fingerprint density at radius 1 is 1.25 bits per heavy atom. The smallest absolute Gasteiger partial charge is 0.126 e. The number of hydrogen-bond acceptors (Lipinski definition) is 2. The fraction of sp³-hybridized carbons (Fsp3) is 0.250. The van der Waals surface area contributed by atoms with Crippen molar-refractivity contribution in [1.29, 1.82) is 0 Å². The van der Waals surface area contributed by atoms with Crippen molar-refractivity contribution in [2.75, 3.05) is 7.11 Å². The molecule has 0 amide bonds. The third-order valence-electron chi connectivity index (χ3n) is 3.29. The van der Waals surface area contributed by atoms with Crippen LogP contribution in [0, 0.1) is 5.82 Å². The van der Waals surface area contributed by atoms with E-state index >= 15 is 0 Å². The molecule has 0 fully saturated rings. The Kier molecular flexibility index (Phi) is 4.45.